The molecule has 0 radical (unpaired) electrons. The van der Waals surface area contributed by atoms with Crippen molar-refractivity contribution in [2.24, 2.45) is 0 Å². The number of pyridine rings is 1. The SMILES string of the molecule is Cc1c(Cl)nc2c(c(C(C)C)nn2-c2ccc(F)cc2)c1Cl. The van der Waals surface area contributed by atoms with E-state index in [1.165, 1.54) is 12.1 Å². The van der Waals surface area contributed by atoms with Crippen LogP contribution in [-0.4, -0.2) is 14.8 Å². The number of nitrogens with zero attached hydrogens (tertiary/aromatic N) is 3. The number of aromatic nitrogens is 3. The zero-order chi connectivity index (χ0) is 16.0. The quantitative estimate of drug-likeness (QED) is 0.594. The van der Waals surface area contributed by atoms with Crippen LogP contribution in [0.2, 0.25) is 10.2 Å². The Bertz CT molecular complexity index is 854. The molecule has 1 aromatic carbocycles. The first-order valence-corrected chi connectivity index (χ1v) is 7.66. The minimum absolute atomic E-state index is 0.170. The molecule has 0 N–H and O–H groups in total. The lowest BCUT2D eigenvalue weighted by atomic mass is 10.1. The first kappa shape index (κ1) is 15.3. The number of halogens is 3. The molecule has 0 aliphatic rings. The van der Waals surface area contributed by atoms with Crippen molar-refractivity contribution in [2.45, 2.75) is 26.7 Å². The van der Waals surface area contributed by atoms with Crippen molar-refractivity contribution < 1.29 is 4.39 Å². The summed E-state index contributed by atoms with van der Waals surface area (Å²) in [4.78, 5) is 4.43. The van der Waals surface area contributed by atoms with Gasteiger partial charge in [0.05, 0.1) is 21.8 Å². The Balaban J connectivity index is 2.38. The van der Waals surface area contributed by atoms with Crippen LogP contribution in [-0.2, 0) is 0 Å². The van der Waals surface area contributed by atoms with E-state index in [9.17, 15) is 4.39 Å². The maximum Gasteiger partial charge on any atom is 0.166 e. The normalized spacial score (nSPS) is 11.6. The molecule has 3 nitrogen and oxygen atoms in total. The fourth-order valence-corrected chi connectivity index (χ4v) is 2.85. The van der Waals surface area contributed by atoms with Crippen LogP contribution in [0.15, 0.2) is 24.3 Å². The highest BCUT2D eigenvalue weighted by atomic mass is 35.5. The van der Waals surface area contributed by atoms with E-state index in [1.807, 2.05) is 20.8 Å². The Morgan fingerprint density at radius 1 is 1.14 bits per heavy atom. The second-order valence-electron chi connectivity index (χ2n) is 5.47. The van der Waals surface area contributed by atoms with E-state index in [0.717, 1.165) is 16.6 Å². The number of hydrogen-bond acceptors (Lipinski definition) is 2. The van der Waals surface area contributed by atoms with Gasteiger partial charge in [-0.1, -0.05) is 37.0 Å². The molecule has 6 heteroatoms. The molecular formula is C16H14Cl2FN3. The second-order valence-corrected chi connectivity index (χ2v) is 6.20. The molecule has 0 unspecified atom stereocenters. The number of fused-ring (bicyclic) bond motifs is 1. The molecule has 0 atom stereocenters. The van der Waals surface area contributed by atoms with Gasteiger partial charge in [-0.15, -0.1) is 0 Å². The molecule has 0 spiro atoms. The van der Waals surface area contributed by atoms with E-state index in [4.69, 9.17) is 23.2 Å². The fraction of sp³-hybridized carbons (Fsp3) is 0.250. The van der Waals surface area contributed by atoms with E-state index in [0.29, 0.717) is 21.5 Å². The highest BCUT2D eigenvalue weighted by molar-refractivity contribution is 6.39. The molecular weight excluding hydrogens is 324 g/mol. The van der Waals surface area contributed by atoms with Gasteiger partial charge in [0.15, 0.2) is 5.65 Å². The van der Waals surface area contributed by atoms with Crippen molar-refractivity contribution in [3.63, 3.8) is 0 Å². The van der Waals surface area contributed by atoms with Crippen LogP contribution in [0, 0.1) is 12.7 Å². The Labute approximate surface area is 137 Å². The molecule has 114 valence electrons. The summed E-state index contributed by atoms with van der Waals surface area (Å²) in [6, 6.07) is 6.06. The fourth-order valence-electron chi connectivity index (χ4n) is 2.36. The lowest BCUT2D eigenvalue weighted by Gasteiger charge is -2.06. The van der Waals surface area contributed by atoms with E-state index < -0.39 is 0 Å². The van der Waals surface area contributed by atoms with Gasteiger partial charge in [-0.05, 0) is 37.1 Å². The molecule has 3 aromatic rings. The Kier molecular flexibility index (Phi) is 3.83. The summed E-state index contributed by atoms with van der Waals surface area (Å²) in [6.07, 6.45) is 0. The molecule has 2 aromatic heterocycles. The summed E-state index contributed by atoms with van der Waals surface area (Å²) in [5.74, 6) is -0.131. The van der Waals surface area contributed by atoms with Crippen molar-refractivity contribution in [3.8, 4) is 5.69 Å². The topological polar surface area (TPSA) is 30.7 Å². The number of benzene rings is 1. The third-order valence-electron chi connectivity index (χ3n) is 3.57. The summed E-state index contributed by atoms with van der Waals surface area (Å²) in [5.41, 5.74) is 2.87. The highest BCUT2D eigenvalue weighted by Crippen LogP contribution is 2.36. The number of rotatable bonds is 2. The smallest absolute Gasteiger partial charge is 0.166 e. The Morgan fingerprint density at radius 2 is 1.77 bits per heavy atom. The van der Waals surface area contributed by atoms with Crippen LogP contribution in [0.1, 0.15) is 31.0 Å². The van der Waals surface area contributed by atoms with Gasteiger partial charge in [0.25, 0.3) is 0 Å². The van der Waals surface area contributed by atoms with Crippen molar-refractivity contribution >= 4 is 34.2 Å². The summed E-state index contributed by atoms with van der Waals surface area (Å²) in [5, 5.41) is 6.32. The van der Waals surface area contributed by atoms with Crippen LogP contribution in [0.4, 0.5) is 4.39 Å². The Hall–Kier alpha value is -1.65. The Morgan fingerprint density at radius 3 is 2.36 bits per heavy atom. The van der Waals surface area contributed by atoms with Gasteiger partial charge in [0.2, 0.25) is 0 Å². The van der Waals surface area contributed by atoms with E-state index in [2.05, 4.69) is 10.1 Å². The van der Waals surface area contributed by atoms with Gasteiger partial charge in [-0.2, -0.15) is 5.10 Å². The molecule has 2 heterocycles. The minimum Gasteiger partial charge on any atom is -0.216 e. The molecule has 22 heavy (non-hydrogen) atoms. The number of hydrogen-bond donors (Lipinski definition) is 0. The largest absolute Gasteiger partial charge is 0.216 e. The van der Waals surface area contributed by atoms with Gasteiger partial charge < -0.3 is 0 Å². The van der Waals surface area contributed by atoms with Crippen molar-refractivity contribution in [3.05, 3.63) is 51.5 Å². The van der Waals surface area contributed by atoms with Gasteiger partial charge >= 0.3 is 0 Å². The van der Waals surface area contributed by atoms with Crippen molar-refractivity contribution in [2.75, 3.05) is 0 Å². The first-order chi connectivity index (χ1) is 10.4. The van der Waals surface area contributed by atoms with Gasteiger partial charge in [-0.25, -0.2) is 14.1 Å². The van der Waals surface area contributed by atoms with E-state index in [1.54, 1.807) is 16.8 Å². The van der Waals surface area contributed by atoms with Crippen LogP contribution < -0.4 is 0 Å². The maximum atomic E-state index is 13.1. The zero-order valence-corrected chi connectivity index (χ0v) is 13.9. The molecule has 0 fully saturated rings. The average Bonchev–Trinajstić information content (AvgIpc) is 2.85. The molecule has 0 bridgehead atoms. The summed E-state index contributed by atoms with van der Waals surface area (Å²) < 4.78 is 14.8. The maximum absolute atomic E-state index is 13.1. The molecule has 0 saturated heterocycles. The van der Waals surface area contributed by atoms with Crippen molar-refractivity contribution in [1.82, 2.24) is 14.8 Å². The lowest BCUT2D eigenvalue weighted by Crippen LogP contribution is -1.99. The second kappa shape index (κ2) is 5.52. The molecule has 0 saturated carbocycles. The standard InChI is InChI=1S/C16H14Cl2FN3/c1-8(2)14-12-13(17)9(3)15(18)20-16(12)22(21-14)11-6-4-10(19)5-7-11/h4-8H,1-3H3. The first-order valence-electron chi connectivity index (χ1n) is 6.90. The van der Waals surface area contributed by atoms with Crippen LogP contribution in [0.25, 0.3) is 16.7 Å². The van der Waals surface area contributed by atoms with Gasteiger partial charge in [-0.3, -0.25) is 0 Å². The van der Waals surface area contributed by atoms with Crippen LogP contribution >= 0.6 is 23.2 Å². The van der Waals surface area contributed by atoms with E-state index >= 15 is 0 Å². The van der Waals surface area contributed by atoms with Crippen molar-refractivity contribution in [1.29, 1.82) is 0 Å². The lowest BCUT2D eigenvalue weighted by molar-refractivity contribution is 0.627. The average molecular weight is 338 g/mol. The summed E-state index contributed by atoms with van der Waals surface area (Å²) in [7, 11) is 0. The zero-order valence-electron chi connectivity index (χ0n) is 12.4. The molecule has 0 aliphatic carbocycles. The predicted molar refractivity (Wildman–Crippen MR) is 87.7 cm³/mol. The summed E-state index contributed by atoms with van der Waals surface area (Å²) >= 11 is 12.6. The predicted octanol–water partition coefficient (Wildman–Crippen LogP) is 5.30. The molecule has 0 amide bonds. The van der Waals surface area contributed by atoms with Gasteiger partial charge in [0.1, 0.15) is 11.0 Å². The third-order valence-corrected chi connectivity index (χ3v) is 4.41. The van der Waals surface area contributed by atoms with E-state index in [-0.39, 0.29) is 11.7 Å². The monoisotopic (exact) mass is 337 g/mol. The minimum atomic E-state index is -0.302. The highest BCUT2D eigenvalue weighted by Gasteiger charge is 2.21. The summed E-state index contributed by atoms with van der Waals surface area (Å²) in [6.45, 7) is 5.91. The van der Waals surface area contributed by atoms with Crippen LogP contribution in [0.3, 0.4) is 0 Å². The molecule has 3 rings (SSSR count). The molecule has 0 aliphatic heterocycles. The van der Waals surface area contributed by atoms with Gasteiger partial charge in [0, 0.05) is 5.56 Å². The van der Waals surface area contributed by atoms with Crippen LogP contribution in [0.5, 0.6) is 0 Å². The third kappa shape index (κ3) is 2.36.